The molecule has 0 spiro atoms. The Bertz CT molecular complexity index is 1210. The summed E-state index contributed by atoms with van der Waals surface area (Å²) in [6, 6.07) is 18.7. The number of fused-ring (bicyclic) bond motifs is 1. The van der Waals surface area contributed by atoms with E-state index in [9.17, 15) is 14.4 Å². The average molecular weight is 451 g/mol. The largest absolute Gasteiger partial charge is 0.325 e. The molecule has 2 aliphatic rings. The summed E-state index contributed by atoms with van der Waals surface area (Å²) < 4.78 is 0. The molecule has 1 N–H and O–H groups in total. The summed E-state index contributed by atoms with van der Waals surface area (Å²) in [5, 5.41) is 3.73. The third-order valence-corrected chi connectivity index (χ3v) is 6.38. The van der Waals surface area contributed by atoms with E-state index < -0.39 is 17.2 Å². The maximum Gasteiger partial charge on any atom is 0.266 e. The molecule has 0 atom stereocenters. The van der Waals surface area contributed by atoms with Crippen molar-refractivity contribution in [1.82, 2.24) is 0 Å². The van der Waals surface area contributed by atoms with Crippen molar-refractivity contribution in [2.24, 2.45) is 0 Å². The number of benzene rings is 3. The summed E-state index contributed by atoms with van der Waals surface area (Å²) in [7, 11) is 0. The summed E-state index contributed by atoms with van der Waals surface area (Å²) in [5.74, 6) is -0.961. The van der Waals surface area contributed by atoms with Crippen LogP contribution >= 0.6 is 23.2 Å². The predicted octanol–water partition coefficient (Wildman–Crippen LogP) is 5.46. The van der Waals surface area contributed by atoms with Crippen molar-refractivity contribution in [2.45, 2.75) is 18.3 Å². The highest BCUT2D eigenvalue weighted by molar-refractivity contribution is 6.40. The van der Waals surface area contributed by atoms with Gasteiger partial charge in [-0.05, 0) is 60.9 Å². The molecule has 3 aromatic rings. The van der Waals surface area contributed by atoms with E-state index >= 15 is 0 Å². The zero-order valence-electron chi connectivity index (χ0n) is 16.2. The minimum atomic E-state index is -0.571. The number of rotatable bonds is 4. The van der Waals surface area contributed by atoms with Gasteiger partial charge in [0.05, 0.1) is 27.3 Å². The van der Waals surface area contributed by atoms with Crippen LogP contribution in [0.3, 0.4) is 0 Å². The van der Waals surface area contributed by atoms with Crippen LogP contribution in [-0.4, -0.2) is 17.7 Å². The third kappa shape index (κ3) is 3.21. The second-order valence-electron chi connectivity index (χ2n) is 7.70. The Balaban J connectivity index is 1.38. The van der Waals surface area contributed by atoms with Crippen molar-refractivity contribution < 1.29 is 14.4 Å². The van der Waals surface area contributed by atoms with Crippen LogP contribution in [0.2, 0.25) is 10.0 Å². The predicted molar refractivity (Wildman–Crippen MR) is 120 cm³/mol. The van der Waals surface area contributed by atoms with Gasteiger partial charge in [0.15, 0.2) is 0 Å². The van der Waals surface area contributed by atoms with Gasteiger partial charge in [-0.3, -0.25) is 14.4 Å². The quantitative estimate of drug-likeness (QED) is 0.536. The van der Waals surface area contributed by atoms with E-state index in [4.69, 9.17) is 23.2 Å². The van der Waals surface area contributed by atoms with Crippen molar-refractivity contribution in [3.63, 3.8) is 0 Å². The normalized spacial score (nSPS) is 16.3. The molecule has 5 nitrogen and oxygen atoms in total. The SMILES string of the molecule is O=C1c2ccccc2C(=O)N1c1ccc(NC(=O)C2(c3ccc(Cl)cc3)CC2)cc1Cl. The Morgan fingerprint density at radius 3 is 2.03 bits per heavy atom. The first kappa shape index (κ1) is 19.8. The van der Waals surface area contributed by atoms with Crippen molar-refractivity contribution in [2.75, 3.05) is 10.2 Å². The first-order valence-electron chi connectivity index (χ1n) is 9.76. The second-order valence-corrected chi connectivity index (χ2v) is 8.54. The zero-order chi connectivity index (χ0) is 21.8. The molecule has 0 saturated heterocycles. The lowest BCUT2D eigenvalue weighted by molar-refractivity contribution is -0.118. The molecule has 1 heterocycles. The topological polar surface area (TPSA) is 66.5 Å². The van der Waals surface area contributed by atoms with Crippen LogP contribution in [0.5, 0.6) is 0 Å². The van der Waals surface area contributed by atoms with Crippen LogP contribution in [0.25, 0.3) is 0 Å². The molecule has 31 heavy (non-hydrogen) atoms. The fourth-order valence-corrected chi connectivity index (χ4v) is 4.36. The molecule has 0 unspecified atom stereocenters. The number of nitrogens with zero attached hydrogens (tertiary/aromatic N) is 1. The Morgan fingerprint density at radius 2 is 1.48 bits per heavy atom. The van der Waals surface area contributed by atoms with Gasteiger partial charge in [0.25, 0.3) is 11.8 Å². The van der Waals surface area contributed by atoms with Gasteiger partial charge in [-0.25, -0.2) is 4.90 Å². The van der Waals surface area contributed by atoms with Crippen molar-refractivity contribution >= 4 is 52.3 Å². The van der Waals surface area contributed by atoms with Gasteiger partial charge in [0.1, 0.15) is 0 Å². The van der Waals surface area contributed by atoms with E-state index in [0.717, 1.165) is 23.3 Å². The van der Waals surface area contributed by atoms with Crippen molar-refractivity contribution in [3.8, 4) is 0 Å². The fourth-order valence-electron chi connectivity index (χ4n) is 3.97. The smallest absolute Gasteiger partial charge is 0.266 e. The average Bonchev–Trinajstić information content (AvgIpc) is 3.53. The number of hydrogen-bond donors (Lipinski definition) is 1. The first-order chi connectivity index (χ1) is 14.9. The van der Waals surface area contributed by atoms with Crippen LogP contribution in [0.4, 0.5) is 11.4 Å². The Hall–Kier alpha value is -3.15. The maximum absolute atomic E-state index is 13.0. The molecule has 0 bridgehead atoms. The number of halogens is 2. The van der Waals surface area contributed by atoms with Gasteiger partial charge in [-0.2, -0.15) is 0 Å². The van der Waals surface area contributed by atoms with Gasteiger partial charge in [0.2, 0.25) is 5.91 Å². The molecule has 154 valence electrons. The van der Waals surface area contributed by atoms with Crippen LogP contribution in [-0.2, 0) is 10.2 Å². The van der Waals surface area contributed by atoms with E-state index in [1.807, 2.05) is 12.1 Å². The van der Waals surface area contributed by atoms with E-state index in [2.05, 4.69) is 5.32 Å². The lowest BCUT2D eigenvalue weighted by Gasteiger charge is -2.18. The monoisotopic (exact) mass is 450 g/mol. The number of carbonyl (C=O) groups is 3. The number of hydrogen-bond acceptors (Lipinski definition) is 3. The summed E-state index contributed by atoms with van der Waals surface area (Å²) in [4.78, 5) is 39.5. The highest BCUT2D eigenvalue weighted by atomic mass is 35.5. The molecule has 0 aromatic heterocycles. The van der Waals surface area contributed by atoms with Crippen molar-refractivity contribution in [1.29, 1.82) is 0 Å². The first-order valence-corrected chi connectivity index (χ1v) is 10.5. The summed E-state index contributed by atoms with van der Waals surface area (Å²) in [5.41, 5.74) is 1.82. The molecule has 1 saturated carbocycles. The Labute approximate surface area is 188 Å². The van der Waals surface area contributed by atoms with Crippen molar-refractivity contribution in [3.05, 3.63) is 93.5 Å². The van der Waals surface area contributed by atoms with E-state index in [0.29, 0.717) is 21.8 Å². The molecule has 3 amide bonds. The highest BCUT2D eigenvalue weighted by Gasteiger charge is 2.51. The molecule has 3 aromatic carbocycles. The van der Waals surface area contributed by atoms with Gasteiger partial charge in [-0.15, -0.1) is 0 Å². The third-order valence-electron chi connectivity index (χ3n) is 5.82. The standard InChI is InChI=1S/C24H16Cl2N2O3/c25-15-7-5-14(6-8-15)24(11-12-24)23(31)27-16-9-10-20(19(26)13-16)28-21(29)17-3-1-2-4-18(17)22(28)30/h1-10,13H,11-12H2,(H,27,31). The number of amides is 3. The molecule has 1 aliphatic heterocycles. The zero-order valence-corrected chi connectivity index (χ0v) is 17.7. The van der Waals surface area contributed by atoms with E-state index in [1.165, 1.54) is 0 Å². The number of nitrogens with one attached hydrogen (secondary N) is 1. The number of imide groups is 1. The molecule has 1 fully saturated rings. The van der Waals surface area contributed by atoms with Crippen LogP contribution in [0, 0.1) is 0 Å². The van der Waals surface area contributed by atoms with Crippen LogP contribution in [0.15, 0.2) is 66.7 Å². The van der Waals surface area contributed by atoms with Gasteiger partial charge < -0.3 is 5.32 Å². The molecular formula is C24H16Cl2N2O3. The summed E-state index contributed by atoms with van der Waals surface area (Å²) in [6.45, 7) is 0. The van der Waals surface area contributed by atoms with Crippen LogP contribution in [0.1, 0.15) is 39.1 Å². The van der Waals surface area contributed by atoms with Gasteiger partial charge in [0, 0.05) is 10.7 Å². The van der Waals surface area contributed by atoms with Crippen LogP contribution < -0.4 is 10.2 Å². The molecule has 5 rings (SSSR count). The molecule has 7 heteroatoms. The summed E-state index contributed by atoms with van der Waals surface area (Å²) >= 11 is 12.4. The number of anilines is 2. The Morgan fingerprint density at radius 1 is 0.871 bits per heavy atom. The fraction of sp³-hybridized carbons (Fsp3) is 0.125. The second kappa shape index (κ2) is 7.22. The van der Waals surface area contributed by atoms with Gasteiger partial charge >= 0.3 is 0 Å². The molecular weight excluding hydrogens is 435 g/mol. The Kier molecular flexibility index (Phi) is 4.61. The lowest BCUT2D eigenvalue weighted by atomic mass is 9.95. The van der Waals surface area contributed by atoms with E-state index in [-0.39, 0.29) is 16.6 Å². The minimum Gasteiger partial charge on any atom is -0.325 e. The minimum absolute atomic E-state index is 0.126. The maximum atomic E-state index is 13.0. The molecule has 1 aliphatic carbocycles. The molecule has 0 radical (unpaired) electrons. The number of carbonyl (C=O) groups excluding carboxylic acids is 3. The lowest BCUT2D eigenvalue weighted by Crippen LogP contribution is -2.30. The summed E-state index contributed by atoms with van der Waals surface area (Å²) in [6.07, 6.45) is 1.50. The highest BCUT2D eigenvalue weighted by Crippen LogP contribution is 2.49. The van der Waals surface area contributed by atoms with Gasteiger partial charge in [-0.1, -0.05) is 47.5 Å². The van der Waals surface area contributed by atoms with E-state index in [1.54, 1.807) is 54.6 Å².